The van der Waals surface area contributed by atoms with Crippen LogP contribution in [0.3, 0.4) is 0 Å². The van der Waals surface area contributed by atoms with Crippen molar-refractivity contribution in [3.63, 3.8) is 0 Å². The van der Waals surface area contributed by atoms with Gasteiger partial charge in [-0.15, -0.1) is 0 Å². The molecule has 9 nitrogen and oxygen atoms in total. The lowest BCUT2D eigenvalue weighted by Crippen LogP contribution is -2.28. The van der Waals surface area contributed by atoms with Gasteiger partial charge in [0.2, 0.25) is 5.91 Å². The highest BCUT2D eigenvalue weighted by Crippen LogP contribution is 2.21. The molecule has 0 aliphatic heterocycles. The molecule has 0 radical (unpaired) electrons. The molecule has 132 valence electrons. The molecule has 1 aromatic carbocycles. The average Bonchev–Trinajstić information content (AvgIpc) is 2.86. The van der Waals surface area contributed by atoms with Crippen LogP contribution in [0.5, 0.6) is 0 Å². The fourth-order valence-corrected chi connectivity index (χ4v) is 2.37. The monoisotopic (exact) mass is 346 g/mol. The highest BCUT2D eigenvalue weighted by atomic mass is 16.6. The number of hydrogen-bond donors (Lipinski definition) is 1. The molecule has 1 N–H and O–H groups in total. The Morgan fingerprint density at radius 3 is 2.44 bits per heavy atom. The van der Waals surface area contributed by atoms with E-state index >= 15 is 0 Å². The quantitative estimate of drug-likeness (QED) is 0.481. The molecule has 9 heteroatoms. The van der Waals surface area contributed by atoms with E-state index in [4.69, 9.17) is 0 Å². The van der Waals surface area contributed by atoms with Crippen LogP contribution in [0.15, 0.2) is 24.3 Å². The summed E-state index contributed by atoms with van der Waals surface area (Å²) in [6.07, 6.45) is 0. The molecular formula is C16H18N4O5. The normalized spacial score (nSPS) is 10.4. The number of esters is 1. The Hall–Kier alpha value is -3.23. The summed E-state index contributed by atoms with van der Waals surface area (Å²) in [5, 5.41) is 17.7. The van der Waals surface area contributed by atoms with Crippen molar-refractivity contribution in [3.05, 3.63) is 56.9 Å². The number of aryl methyl sites for hydroxylation is 1. The molecule has 0 atom stereocenters. The highest BCUT2D eigenvalue weighted by Gasteiger charge is 2.22. The first-order valence-corrected chi connectivity index (χ1v) is 7.45. The summed E-state index contributed by atoms with van der Waals surface area (Å²) in [7, 11) is 1.31. The van der Waals surface area contributed by atoms with E-state index in [-0.39, 0.29) is 30.4 Å². The Bertz CT molecular complexity index is 811. The van der Waals surface area contributed by atoms with Gasteiger partial charge in [-0.3, -0.25) is 19.6 Å². The molecule has 0 fully saturated rings. The number of nitro groups is 1. The third-order valence-corrected chi connectivity index (χ3v) is 3.68. The molecule has 0 spiro atoms. The summed E-state index contributed by atoms with van der Waals surface area (Å²) in [5.41, 5.74) is 1.76. The number of ether oxygens (including phenoxy) is 1. The fraction of sp³-hybridized carbons (Fsp3) is 0.312. The minimum atomic E-state index is -0.505. The number of benzene rings is 1. The van der Waals surface area contributed by atoms with Crippen LogP contribution >= 0.6 is 0 Å². The van der Waals surface area contributed by atoms with E-state index in [0.717, 1.165) is 5.56 Å². The van der Waals surface area contributed by atoms with Gasteiger partial charge in [0.05, 0.1) is 17.6 Å². The number of nitrogens with one attached hydrogen (secondary N) is 1. The second kappa shape index (κ2) is 7.56. The number of amides is 1. The summed E-state index contributed by atoms with van der Waals surface area (Å²) in [4.78, 5) is 33.9. The van der Waals surface area contributed by atoms with Crippen LogP contribution in [-0.2, 0) is 22.6 Å². The molecule has 0 saturated carbocycles. The summed E-state index contributed by atoms with van der Waals surface area (Å²) in [6.45, 7) is 3.24. The lowest BCUT2D eigenvalue weighted by atomic mass is 10.1. The van der Waals surface area contributed by atoms with Crippen LogP contribution in [-0.4, -0.2) is 33.7 Å². The third kappa shape index (κ3) is 4.19. The van der Waals surface area contributed by atoms with Gasteiger partial charge in [0.15, 0.2) is 0 Å². The summed E-state index contributed by atoms with van der Waals surface area (Å²) in [6, 6.07) is 6.64. The van der Waals surface area contributed by atoms with Crippen LogP contribution in [0.25, 0.3) is 0 Å². The standard InChI is InChI=1S/C16H18N4O5/c1-10-15(20(23)24)11(2)19(18-10)9-14(21)17-8-12-4-6-13(7-5-12)16(22)25-3/h4-7H,8-9H2,1-3H3,(H,17,21). The summed E-state index contributed by atoms with van der Waals surface area (Å²) in [5.74, 6) is -0.751. The van der Waals surface area contributed by atoms with E-state index in [9.17, 15) is 19.7 Å². The lowest BCUT2D eigenvalue weighted by Gasteiger charge is -2.07. The Morgan fingerprint density at radius 2 is 1.92 bits per heavy atom. The number of nitrogens with zero attached hydrogens (tertiary/aromatic N) is 3. The number of methoxy groups -OCH3 is 1. The third-order valence-electron chi connectivity index (χ3n) is 3.68. The van der Waals surface area contributed by atoms with Gasteiger partial charge in [0, 0.05) is 6.54 Å². The van der Waals surface area contributed by atoms with Gasteiger partial charge in [-0.2, -0.15) is 5.10 Å². The van der Waals surface area contributed by atoms with Crippen LogP contribution < -0.4 is 5.32 Å². The zero-order valence-corrected chi connectivity index (χ0v) is 14.1. The van der Waals surface area contributed by atoms with E-state index in [1.165, 1.54) is 18.7 Å². The highest BCUT2D eigenvalue weighted by molar-refractivity contribution is 5.89. The first-order chi connectivity index (χ1) is 11.8. The van der Waals surface area contributed by atoms with Crippen LogP contribution in [0.2, 0.25) is 0 Å². The average molecular weight is 346 g/mol. The van der Waals surface area contributed by atoms with Crippen LogP contribution in [0.4, 0.5) is 5.69 Å². The van der Waals surface area contributed by atoms with Crippen molar-refractivity contribution < 1.29 is 19.2 Å². The molecule has 0 aliphatic rings. The van der Waals surface area contributed by atoms with Crippen molar-refractivity contribution in [3.8, 4) is 0 Å². The van der Waals surface area contributed by atoms with Gasteiger partial charge >= 0.3 is 11.7 Å². The number of hydrogen-bond acceptors (Lipinski definition) is 6. The predicted octanol–water partition coefficient (Wildman–Crippen LogP) is 1.51. The molecule has 0 aliphatic carbocycles. The molecule has 1 heterocycles. The van der Waals surface area contributed by atoms with Crippen molar-refractivity contribution in [1.82, 2.24) is 15.1 Å². The lowest BCUT2D eigenvalue weighted by molar-refractivity contribution is -0.386. The SMILES string of the molecule is COC(=O)c1ccc(CNC(=O)Cn2nc(C)c([N+](=O)[O-])c2C)cc1. The number of aromatic nitrogens is 2. The minimum Gasteiger partial charge on any atom is -0.465 e. The van der Waals surface area contributed by atoms with Gasteiger partial charge in [0.25, 0.3) is 0 Å². The fourth-order valence-electron chi connectivity index (χ4n) is 2.37. The second-order valence-corrected chi connectivity index (χ2v) is 5.40. The smallest absolute Gasteiger partial charge is 0.337 e. The molecule has 0 bridgehead atoms. The molecule has 1 amide bonds. The first kappa shape index (κ1) is 18.1. The Balaban J connectivity index is 1.96. The van der Waals surface area contributed by atoms with Crippen LogP contribution in [0, 0.1) is 24.0 Å². The maximum absolute atomic E-state index is 12.0. The van der Waals surface area contributed by atoms with Crippen molar-refractivity contribution in [2.24, 2.45) is 0 Å². The van der Waals surface area contributed by atoms with Gasteiger partial charge in [-0.1, -0.05) is 12.1 Å². The Morgan fingerprint density at radius 1 is 1.28 bits per heavy atom. The van der Waals surface area contributed by atoms with Crippen molar-refractivity contribution in [1.29, 1.82) is 0 Å². The first-order valence-electron chi connectivity index (χ1n) is 7.45. The van der Waals surface area contributed by atoms with E-state index < -0.39 is 10.9 Å². The Kier molecular flexibility index (Phi) is 5.48. The van der Waals surface area contributed by atoms with E-state index in [1.54, 1.807) is 31.2 Å². The summed E-state index contributed by atoms with van der Waals surface area (Å²) < 4.78 is 5.92. The maximum atomic E-state index is 12.0. The zero-order valence-electron chi connectivity index (χ0n) is 14.1. The number of rotatable bonds is 6. The maximum Gasteiger partial charge on any atom is 0.337 e. The molecule has 2 rings (SSSR count). The molecule has 2 aromatic rings. The summed E-state index contributed by atoms with van der Waals surface area (Å²) >= 11 is 0. The van der Waals surface area contributed by atoms with Crippen LogP contribution in [0.1, 0.15) is 27.3 Å². The van der Waals surface area contributed by atoms with Gasteiger partial charge in [-0.25, -0.2) is 4.79 Å². The van der Waals surface area contributed by atoms with Gasteiger partial charge in [-0.05, 0) is 31.5 Å². The topological polar surface area (TPSA) is 116 Å². The van der Waals surface area contributed by atoms with Crippen molar-refractivity contribution in [2.45, 2.75) is 26.9 Å². The van der Waals surface area contributed by atoms with E-state index in [2.05, 4.69) is 15.2 Å². The van der Waals surface area contributed by atoms with E-state index in [0.29, 0.717) is 11.3 Å². The number of carbonyl (C=O) groups is 2. The minimum absolute atomic E-state index is 0.0776. The molecule has 0 saturated heterocycles. The van der Waals surface area contributed by atoms with Crippen molar-refractivity contribution in [2.75, 3.05) is 7.11 Å². The Labute approximate surface area is 143 Å². The van der Waals surface area contributed by atoms with Gasteiger partial charge in [0.1, 0.15) is 17.9 Å². The second-order valence-electron chi connectivity index (χ2n) is 5.40. The molecular weight excluding hydrogens is 328 g/mol. The van der Waals surface area contributed by atoms with Crippen molar-refractivity contribution >= 4 is 17.6 Å². The van der Waals surface area contributed by atoms with E-state index in [1.807, 2.05) is 0 Å². The number of carbonyl (C=O) groups excluding carboxylic acids is 2. The predicted molar refractivity (Wildman–Crippen MR) is 88.0 cm³/mol. The van der Waals surface area contributed by atoms with Gasteiger partial charge < -0.3 is 10.1 Å². The zero-order chi connectivity index (χ0) is 18.6. The largest absolute Gasteiger partial charge is 0.465 e. The molecule has 0 unspecified atom stereocenters. The molecule has 25 heavy (non-hydrogen) atoms. The molecule has 1 aromatic heterocycles.